The molecule has 0 bridgehead atoms. The molecule has 0 aliphatic rings. The number of carbonyl (C=O) groups is 3. The summed E-state index contributed by atoms with van der Waals surface area (Å²) in [5.41, 5.74) is 4.48. The molecule has 0 aliphatic heterocycles. The number of hydrogen-bond acceptors (Lipinski definition) is 5. The number of hydrogen-bond donors (Lipinski definition) is 3. The molecule has 1 unspecified atom stereocenters. The van der Waals surface area contributed by atoms with E-state index in [0.717, 1.165) is 0 Å². The minimum atomic E-state index is -1.07. The first kappa shape index (κ1) is 23.7. The largest absolute Gasteiger partial charge is 0.484 e. The van der Waals surface area contributed by atoms with E-state index in [-0.39, 0.29) is 18.3 Å². The molecule has 2 aromatic rings. The monoisotopic (exact) mass is 431 g/mol. The molecule has 2 rings (SSSR count). The van der Waals surface area contributed by atoms with Gasteiger partial charge in [0.05, 0.1) is 0 Å². The normalized spacial score (nSPS) is 12.4. The maximum absolute atomic E-state index is 13.6. The number of benzene rings is 2. The Morgan fingerprint density at radius 3 is 2.16 bits per heavy atom. The van der Waals surface area contributed by atoms with Gasteiger partial charge in [-0.05, 0) is 37.1 Å². The fourth-order valence-electron chi connectivity index (χ4n) is 2.50. The molecule has 0 heterocycles. The number of nitrogens with one attached hydrogen (secondary N) is 3. The fraction of sp³-hybridized carbons (Fsp3) is 0.318. The molecule has 8 nitrogen and oxygen atoms in total. The molecule has 3 N–H and O–H groups in total. The highest BCUT2D eigenvalue weighted by Crippen LogP contribution is 2.16. The zero-order valence-corrected chi connectivity index (χ0v) is 17.6. The molecule has 0 aliphatic carbocycles. The van der Waals surface area contributed by atoms with Gasteiger partial charge < -0.3 is 14.8 Å². The van der Waals surface area contributed by atoms with Gasteiger partial charge >= 0.3 is 0 Å². The smallest absolute Gasteiger partial charge is 0.279 e. The molecule has 9 heteroatoms. The number of rotatable bonds is 9. The predicted octanol–water partition coefficient (Wildman–Crippen LogP) is 1.96. The average Bonchev–Trinajstić information content (AvgIpc) is 2.76. The van der Waals surface area contributed by atoms with Crippen LogP contribution in [0.5, 0.6) is 11.5 Å². The summed E-state index contributed by atoms with van der Waals surface area (Å²) >= 11 is 0. The topological polar surface area (TPSA) is 106 Å². The van der Waals surface area contributed by atoms with Crippen LogP contribution in [0.4, 0.5) is 4.39 Å². The van der Waals surface area contributed by atoms with Gasteiger partial charge in [0.1, 0.15) is 11.8 Å². The van der Waals surface area contributed by atoms with Crippen LogP contribution < -0.4 is 25.6 Å². The Morgan fingerprint density at radius 2 is 1.52 bits per heavy atom. The summed E-state index contributed by atoms with van der Waals surface area (Å²) < 4.78 is 24.3. The predicted molar refractivity (Wildman–Crippen MR) is 111 cm³/mol. The lowest BCUT2D eigenvalue weighted by Gasteiger charge is -2.22. The van der Waals surface area contributed by atoms with Gasteiger partial charge in [-0.15, -0.1) is 0 Å². The third-order valence-corrected chi connectivity index (χ3v) is 4.20. The van der Waals surface area contributed by atoms with Crippen LogP contribution in [0.3, 0.4) is 0 Å². The standard InChI is InChI=1S/C22H26FN3O5/c1-14(2)20(24-19(27)13-30-16-9-5-4-6-10-16)22(29)26-25-21(28)15(3)31-18-12-8-7-11-17(18)23/h4-12,14-15,20H,13H2,1-3H3,(H,24,27)(H,25,28)(H,26,29)/t15?,20-/m0/s1. The highest BCUT2D eigenvalue weighted by Gasteiger charge is 2.25. The molecule has 166 valence electrons. The Hall–Kier alpha value is -3.62. The number of halogens is 1. The van der Waals surface area contributed by atoms with Gasteiger partial charge in [0.25, 0.3) is 17.7 Å². The summed E-state index contributed by atoms with van der Waals surface area (Å²) in [5.74, 6) is -2.20. The Morgan fingerprint density at radius 1 is 0.903 bits per heavy atom. The van der Waals surface area contributed by atoms with Gasteiger partial charge in [-0.25, -0.2) is 4.39 Å². The summed E-state index contributed by atoms with van der Waals surface area (Å²) in [4.78, 5) is 36.8. The van der Waals surface area contributed by atoms with Crippen LogP contribution in [-0.4, -0.2) is 36.5 Å². The highest BCUT2D eigenvalue weighted by molar-refractivity contribution is 5.90. The van der Waals surface area contributed by atoms with Gasteiger partial charge in [0, 0.05) is 0 Å². The SMILES string of the molecule is CC(Oc1ccccc1F)C(=O)NNC(=O)[C@@H](NC(=O)COc1ccccc1)C(C)C. The van der Waals surface area contributed by atoms with Gasteiger partial charge in [-0.1, -0.05) is 44.2 Å². The van der Waals surface area contributed by atoms with Crippen molar-refractivity contribution in [1.82, 2.24) is 16.2 Å². The van der Waals surface area contributed by atoms with Crippen molar-refractivity contribution in [3.63, 3.8) is 0 Å². The average molecular weight is 431 g/mol. The second kappa shape index (κ2) is 11.5. The quantitative estimate of drug-likeness (QED) is 0.527. The van der Waals surface area contributed by atoms with E-state index in [0.29, 0.717) is 5.75 Å². The van der Waals surface area contributed by atoms with Gasteiger partial charge in [-0.2, -0.15) is 0 Å². The lowest BCUT2D eigenvalue weighted by Crippen LogP contribution is -2.56. The Balaban J connectivity index is 1.83. The zero-order valence-electron chi connectivity index (χ0n) is 17.6. The third kappa shape index (κ3) is 7.61. The molecular weight excluding hydrogens is 405 g/mol. The zero-order chi connectivity index (χ0) is 22.8. The van der Waals surface area contributed by atoms with Crippen LogP contribution in [0.25, 0.3) is 0 Å². The van der Waals surface area contributed by atoms with E-state index in [1.54, 1.807) is 44.2 Å². The first-order chi connectivity index (χ1) is 14.8. The number of ether oxygens (including phenoxy) is 2. The van der Waals surface area contributed by atoms with Crippen molar-refractivity contribution in [2.24, 2.45) is 5.92 Å². The van der Waals surface area contributed by atoms with E-state index in [1.165, 1.54) is 25.1 Å². The fourth-order valence-corrected chi connectivity index (χ4v) is 2.50. The number of hydrazine groups is 1. The van der Waals surface area contributed by atoms with Crippen molar-refractivity contribution in [2.45, 2.75) is 32.9 Å². The molecule has 0 saturated carbocycles. The second-order valence-electron chi connectivity index (χ2n) is 7.06. The molecular formula is C22H26FN3O5. The summed E-state index contributed by atoms with van der Waals surface area (Å²) in [6.07, 6.45) is -1.07. The van der Waals surface area contributed by atoms with Crippen molar-refractivity contribution in [3.8, 4) is 11.5 Å². The summed E-state index contributed by atoms with van der Waals surface area (Å²) in [7, 11) is 0. The molecule has 31 heavy (non-hydrogen) atoms. The van der Waals surface area contributed by atoms with Crippen molar-refractivity contribution in [3.05, 3.63) is 60.4 Å². The highest BCUT2D eigenvalue weighted by atomic mass is 19.1. The van der Waals surface area contributed by atoms with Crippen LogP contribution in [0.2, 0.25) is 0 Å². The van der Waals surface area contributed by atoms with Gasteiger partial charge in [0.15, 0.2) is 24.3 Å². The van der Waals surface area contributed by atoms with Gasteiger partial charge in [0.2, 0.25) is 0 Å². The van der Waals surface area contributed by atoms with E-state index in [1.807, 2.05) is 6.07 Å². The first-order valence-corrected chi connectivity index (χ1v) is 9.76. The first-order valence-electron chi connectivity index (χ1n) is 9.76. The van der Waals surface area contributed by atoms with Crippen LogP contribution in [0.15, 0.2) is 54.6 Å². The summed E-state index contributed by atoms with van der Waals surface area (Å²) in [5, 5.41) is 2.58. The Kier molecular flexibility index (Phi) is 8.80. The van der Waals surface area contributed by atoms with Crippen molar-refractivity contribution < 1.29 is 28.2 Å². The van der Waals surface area contributed by atoms with Crippen LogP contribution in [-0.2, 0) is 14.4 Å². The second-order valence-corrected chi connectivity index (χ2v) is 7.06. The van der Waals surface area contributed by atoms with Crippen molar-refractivity contribution >= 4 is 17.7 Å². The third-order valence-electron chi connectivity index (χ3n) is 4.20. The molecule has 0 radical (unpaired) electrons. The maximum Gasteiger partial charge on any atom is 0.279 e. The minimum Gasteiger partial charge on any atom is -0.484 e. The van der Waals surface area contributed by atoms with Crippen LogP contribution >= 0.6 is 0 Å². The van der Waals surface area contributed by atoms with Gasteiger partial charge in [-0.3, -0.25) is 25.2 Å². The number of carbonyl (C=O) groups excluding carboxylic acids is 3. The summed E-state index contributed by atoms with van der Waals surface area (Å²) in [6, 6.07) is 13.5. The van der Waals surface area contributed by atoms with Crippen molar-refractivity contribution in [2.75, 3.05) is 6.61 Å². The molecule has 0 fully saturated rings. The summed E-state index contributed by atoms with van der Waals surface area (Å²) in [6.45, 7) is 4.64. The van der Waals surface area contributed by atoms with E-state index in [9.17, 15) is 18.8 Å². The van der Waals surface area contributed by atoms with Crippen LogP contribution in [0, 0.1) is 11.7 Å². The molecule has 2 aromatic carbocycles. The molecule has 0 spiro atoms. The Bertz CT molecular complexity index is 892. The van der Waals surface area contributed by atoms with Crippen molar-refractivity contribution in [1.29, 1.82) is 0 Å². The lowest BCUT2D eigenvalue weighted by molar-refractivity contribution is -0.135. The Labute approximate surface area is 180 Å². The number of amides is 3. The van der Waals surface area contributed by atoms with E-state index < -0.39 is 35.7 Å². The van der Waals surface area contributed by atoms with E-state index in [2.05, 4.69) is 16.2 Å². The number of para-hydroxylation sites is 2. The molecule has 3 amide bonds. The van der Waals surface area contributed by atoms with E-state index in [4.69, 9.17) is 9.47 Å². The minimum absolute atomic E-state index is 0.0813. The molecule has 0 aromatic heterocycles. The maximum atomic E-state index is 13.6. The lowest BCUT2D eigenvalue weighted by atomic mass is 10.0. The van der Waals surface area contributed by atoms with E-state index >= 15 is 0 Å². The molecule has 2 atom stereocenters. The molecule has 0 saturated heterocycles. The van der Waals surface area contributed by atoms with Crippen LogP contribution in [0.1, 0.15) is 20.8 Å².